The van der Waals surface area contributed by atoms with Crippen LogP contribution in [0.5, 0.6) is 0 Å². The summed E-state index contributed by atoms with van der Waals surface area (Å²) in [6.45, 7) is 5.76. The average Bonchev–Trinajstić information content (AvgIpc) is 2.07. The van der Waals surface area contributed by atoms with Crippen molar-refractivity contribution in [3.63, 3.8) is 0 Å². The van der Waals surface area contributed by atoms with Crippen LogP contribution < -0.4 is 5.32 Å². The molecule has 1 aliphatic carbocycles. The van der Waals surface area contributed by atoms with Gasteiger partial charge >= 0.3 is 0 Å². The molecule has 2 aliphatic rings. The fourth-order valence-electron chi connectivity index (χ4n) is 1.97. The van der Waals surface area contributed by atoms with Gasteiger partial charge < -0.3 is 5.32 Å². The molecule has 0 radical (unpaired) electrons. The minimum absolute atomic E-state index is 0.703. The minimum atomic E-state index is 0.703. The Bertz CT molecular complexity index is 211. The number of nitrogens with one attached hydrogen (secondary N) is 1. The van der Waals surface area contributed by atoms with Crippen molar-refractivity contribution in [2.45, 2.75) is 26.7 Å². The fourth-order valence-corrected chi connectivity index (χ4v) is 1.97. The molecule has 1 fully saturated rings. The van der Waals surface area contributed by atoms with Gasteiger partial charge in [-0.2, -0.15) is 0 Å². The molecular weight excluding hydrogens is 146 g/mol. The monoisotopic (exact) mass is 163 g/mol. The van der Waals surface area contributed by atoms with Gasteiger partial charge in [0.2, 0.25) is 0 Å². The zero-order chi connectivity index (χ0) is 8.55. The predicted octanol–water partition coefficient (Wildman–Crippen LogP) is 2.47. The molecular formula is C11H17N. The largest absolute Gasteiger partial charge is 0.385 e. The third-order valence-electron chi connectivity index (χ3n) is 3.01. The molecule has 0 bridgehead atoms. The smallest absolute Gasteiger partial charge is 0.0332 e. The van der Waals surface area contributed by atoms with Gasteiger partial charge in [0.25, 0.3) is 0 Å². The topological polar surface area (TPSA) is 12.0 Å². The van der Waals surface area contributed by atoms with E-state index in [1.807, 2.05) is 0 Å². The van der Waals surface area contributed by atoms with Gasteiger partial charge in [0.1, 0.15) is 0 Å². The van der Waals surface area contributed by atoms with Crippen molar-refractivity contribution < 1.29 is 0 Å². The van der Waals surface area contributed by atoms with Gasteiger partial charge in [-0.1, -0.05) is 26.0 Å². The van der Waals surface area contributed by atoms with Crippen molar-refractivity contribution in [3.8, 4) is 0 Å². The molecule has 0 aromatic carbocycles. The van der Waals surface area contributed by atoms with Crippen LogP contribution in [0.2, 0.25) is 0 Å². The summed E-state index contributed by atoms with van der Waals surface area (Å²) in [6, 6.07) is 0. The molecule has 2 rings (SSSR count). The zero-order valence-corrected chi connectivity index (χ0v) is 7.93. The molecule has 12 heavy (non-hydrogen) atoms. The van der Waals surface area contributed by atoms with Crippen LogP contribution in [-0.4, -0.2) is 6.54 Å². The van der Waals surface area contributed by atoms with E-state index in [1.165, 1.54) is 18.5 Å². The van der Waals surface area contributed by atoms with Crippen LogP contribution in [0, 0.1) is 11.8 Å². The predicted molar refractivity (Wildman–Crippen MR) is 51.7 cm³/mol. The molecule has 0 amide bonds. The lowest BCUT2D eigenvalue weighted by Crippen LogP contribution is -2.26. The SMILES string of the molecule is CC1C=C2CCCNC2=CC1C. The molecule has 1 heterocycles. The first-order valence-corrected chi connectivity index (χ1v) is 4.94. The van der Waals surface area contributed by atoms with E-state index < -0.39 is 0 Å². The van der Waals surface area contributed by atoms with E-state index in [4.69, 9.17) is 0 Å². The van der Waals surface area contributed by atoms with Crippen molar-refractivity contribution in [2.75, 3.05) is 6.54 Å². The number of hydrogen-bond acceptors (Lipinski definition) is 1. The molecule has 0 aromatic rings. The Hall–Kier alpha value is -0.720. The summed E-state index contributed by atoms with van der Waals surface area (Å²) < 4.78 is 0. The van der Waals surface area contributed by atoms with Crippen LogP contribution >= 0.6 is 0 Å². The van der Waals surface area contributed by atoms with Crippen LogP contribution in [-0.2, 0) is 0 Å². The van der Waals surface area contributed by atoms with E-state index in [-0.39, 0.29) is 0 Å². The Kier molecular flexibility index (Phi) is 1.95. The molecule has 2 unspecified atom stereocenters. The van der Waals surface area contributed by atoms with Gasteiger partial charge in [-0.05, 0) is 30.3 Å². The van der Waals surface area contributed by atoms with Crippen LogP contribution in [0.1, 0.15) is 26.7 Å². The highest BCUT2D eigenvalue weighted by Gasteiger charge is 2.19. The second-order valence-corrected chi connectivity index (χ2v) is 4.02. The summed E-state index contributed by atoms with van der Waals surface area (Å²) in [4.78, 5) is 0. The standard InChI is InChI=1S/C11H17N/c1-8-6-10-4-3-5-12-11(10)7-9(8)2/h6-9,12H,3-5H2,1-2H3. The third-order valence-corrected chi connectivity index (χ3v) is 3.01. The molecule has 2 atom stereocenters. The van der Waals surface area contributed by atoms with Gasteiger partial charge in [0, 0.05) is 12.2 Å². The third kappa shape index (κ3) is 1.28. The fraction of sp³-hybridized carbons (Fsp3) is 0.636. The summed E-state index contributed by atoms with van der Waals surface area (Å²) in [6.07, 6.45) is 7.39. The first-order chi connectivity index (χ1) is 5.77. The molecule has 1 heteroatoms. The molecule has 1 nitrogen and oxygen atoms in total. The molecule has 0 spiro atoms. The maximum atomic E-state index is 3.46. The van der Waals surface area contributed by atoms with Gasteiger partial charge in [0.15, 0.2) is 0 Å². The number of piperidine rings is 1. The van der Waals surface area contributed by atoms with E-state index >= 15 is 0 Å². The Morgan fingerprint density at radius 3 is 2.83 bits per heavy atom. The highest BCUT2D eigenvalue weighted by atomic mass is 14.9. The lowest BCUT2D eigenvalue weighted by molar-refractivity contribution is 0.519. The molecule has 0 aromatic heterocycles. The number of rotatable bonds is 0. The molecule has 1 saturated heterocycles. The van der Waals surface area contributed by atoms with Crippen LogP contribution in [0.25, 0.3) is 0 Å². The average molecular weight is 163 g/mol. The first-order valence-electron chi connectivity index (χ1n) is 4.94. The quantitative estimate of drug-likeness (QED) is 0.578. The van der Waals surface area contributed by atoms with E-state index in [0.717, 1.165) is 12.5 Å². The summed E-state index contributed by atoms with van der Waals surface area (Å²) >= 11 is 0. The van der Waals surface area contributed by atoms with E-state index in [0.29, 0.717) is 5.92 Å². The second-order valence-electron chi connectivity index (χ2n) is 4.02. The van der Waals surface area contributed by atoms with Gasteiger partial charge in [-0.15, -0.1) is 0 Å². The second kappa shape index (κ2) is 2.96. The zero-order valence-electron chi connectivity index (χ0n) is 7.93. The maximum Gasteiger partial charge on any atom is 0.0332 e. The normalized spacial score (nSPS) is 34.5. The molecule has 0 saturated carbocycles. The molecule has 66 valence electrons. The summed E-state index contributed by atoms with van der Waals surface area (Å²) in [7, 11) is 0. The van der Waals surface area contributed by atoms with Gasteiger partial charge in [-0.25, -0.2) is 0 Å². The lowest BCUT2D eigenvalue weighted by Gasteiger charge is -2.28. The highest BCUT2D eigenvalue weighted by Crippen LogP contribution is 2.30. The van der Waals surface area contributed by atoms with Gasteiger partial charge in [-0.3, -0.25) is 0 Å². The number of allylic oxidation sites excluding steroid dienone is 3. The Labute approximate surface area is 74.5 Å². The summed E-state index contributed by atoms with van der Waals surface area (Å²) in [5.41, 5.74) is 2.96. The molecule has 1 N–H and O–H groups in total. The lowest BCUT2D eigenvalue weighted by atomic mass is 9.84. The minimum Gasteiger partial charge on any atom is -0.385 e. The van der Waals surface area contributed by atoms with Crippen molar-refractivity contribution in [3.05, 3.63) is 23.4 Å². The van der Waals surface area contributed by atoms with Crippen molar-refractivity contribution in [2.24, 2.45) is 11.8 Å². The maximum absolute atomic E-state index is 3.46. The Morgan fingerprint density at radius 1 is 1.25 bits per heavy atom. The molecule has 1 aliphatic heterocycles. The van der Waals surface area contributed by atoms with E-state index in [2.05, 4.69) is 31.3 Å². The van der Waals surface area contributed by atoms with E-state index in [1.54, 1.807) is 5.57 Å². The summed E-state index contributed by atoms with van der Waals surface area (Å²) in [5.74, 6) is 1.43. The van der Waals surface area contributed by atoms with Gasteiger partial charge in [0.05, 0.1) is 0 Å². The van der Waals surface area contributed by atoms with Crippen molar-refractivity contribution >= 4 is 0 Å². The number of hydrogen-bond donors (Lipinski definition) is 1. The number of fused-ring (bicyclic) bond motifs is 1. The van der Waals surface area contributed by atoms with Crippen molar-refractivity contribution in [1.82, 2.24) is 5.32 Å². The van der Waals surface area contributed by atoms with Crippen molar-refractivity contribution in [1.29, 1.82) is 0 Å². The highest BCUT2D eigenvalue weighted by molar-refractivity contribution is 5.35. The van der Waals surface area contributed by atoms with Crippen LogP contribution in [0.3, 0.4) is 0 Å². The summed E-state index contributed by atoms with van der Waals surface area (Å²) in [5, 5.41) is 3.46. The van der Waals surface area contributed by atoms with E-state index in [9.17, 15) is 0 Å². The van der Waals surface area contributed by atoms with Crippen LogP contribution in [0.15, 0.2) is 23.4 Å². The first kappa shape index (κ1) is 7.90. The Balaban J connectivity index is 2.23. The van der Waals surface area contributed by atoms with Crippen LogP contribution in [0.4, 0.5) is 0 Å². The Morgan fingerprint density at radius 2 is 2.00 bits per heavy atom.